The van der Waals surface area contributed by atoms with Gasteiger partial charge in [-0.15, -0.1) is 0 Å². The molecule has 1 aromatic carbocycles. The van der Waals surface area contributed by atoms with Crippen molar-refractivity contribution >= 4 is 5.76 Å². The monoisotopic (exact) mass is 295 g/mol. The van der Waals surface area contributed by atoms with Crippen LogP contribution in [0, 0.1) is 11.3 Å². The van der Waals surface area contributed by atoms with Crippen LogP contribution in [0.5, 0.6) is 0 Å². The van der Waals surface area contributed by atoms with Gasteiger partial charge >= 0.3 is 6.18 Å². The zero-order valence-corrected chi connectivity index (χ0v) is 10.3. The van der Waals surface area contributed by atoms with Gasteiger partial charge in [0.05, 0.1) is 17.3 Å². The van der Waals surface area contributed by atoms with Crippen LogP contribution in [-0.2, 0) is 6.18 Å². The first-order valence-electron chi connectivity index (χ1n) is 5.58. The highest BCUT2D eigenvalue weighted by molar-refractivity contribution is 5.57. The number of nitriles is 1. The van der Waals surface area contributed by atoms with Crippen molar-refractivity contribution in [1.29, 1.82) is 5.26 Å². The Bertz CT molecular complexity index is 742. The molecule has 0 aliphatic heterocycles. The van der Waals surface area contributed by atoms with Crippen molar-refractivity contribution < 1.29 is 23.4 Å². The molecule has 108 valence electrons. The molecule has 8 heteroatoms. The summed E-state index contributed by atoms with van der Waals surface area (Å²) in [4.78, 5) is 0. The SMILES string of the molecule is N#Cc1cccc(-n2nc(C(F)(F)F)cc2/C(O)=C\O)c1. The number of hydrogen-bond acceptors (Lipinski definition) is 4. The smallest absolute Gasteiger partial charge is 0.435 e. The van der Waals surface area contributed by atoms with Gasteiger partial charge in [-0.05, 0) is 18.2 Å². The summed E-state index contributed by atoms with van der Waals surface area (Å²) in [7, 11) is 0. The number of aromatic nitrogens is 2. The third-order valence-corrected chi connectivity index (χ3v) is 2.60. The maximum Gasteiger partial charge on any atom is 0.435 e. The summed E-state index contributed by atoms with van der Waals surface area (Å²) in [5, 5.41) is 30.5. The highest BCUT2D eigenvalue weighted by Crippen LogP contribution is 2.31. The van der Waals surface area contributed by atoms with Gasteiger partial charge in [-0.2, -0.15) is 23.5 Å². The predicted octanol–water partition coefficient (Wildman–Crippen LogP) is 3.18. The molecule has 0 saturated carbocycles. The zero-order chi connectivity index (χ0) is 15.6. The van der Waals surface area contributed by atoms with Gasteiger partial charge in [0, 0.05) is 6.07 Å². The summed E-state index contributed by atoms with van der Waals surface area (Å²) in [6.45, 7) is 0. The molecule has 0 radical (unpaired) electrons. The van der Waals surface area contributed by atoms with E-state index in [-0.39, 0.29) is 23.2 Å². The molecule has 0 fully saturated rings. The zero-order valence-electron chi connectivity index (χ0n) is 10.3. The van der Waals surface area contributed by atoms with E-state index in [2.05, 4.69) is 5.10 Å². The minimum atomic E-state index is -4.71. The number of hydrogen-bond donors (Lipinski definition) is 2. The van der Waals surface area contributed by atoms with Gasteiger partial charge in [0.2, 0.25) is 0 Å². The highest BCUT2D eigenvalue weighted by Gasteiger charge is 2.35. The van der Waals surface area contributed by atoms with E-state index in [1.54, 1.807) is 0 Å². The third-order valence-electron chi connectivity index (χ3n) is 2.60. The third kappa shape index (κ3) is 2.81. The number of alkyl halides is 3. The van der Waals surface area contributed by atoms with E-state index in [1.165, 1.54) is 24.3 Å². The molecule has 5 nitrogen and oxygen atoms in total. The van der Waals surface area contributed by atoms with E-state index in [4.69, 9.17) is 10.4 Å². The number of benzene rings is 1. The second-order valence-electron chi connectivity index (χ2n) is 4.00. The van der Waals surface area contributed by atoms with E-state index < -0.39 is 17.6 Å². The number of aliphatic hydroxyl groups excluding tert-OH is 2. The molecule has 0 atom stereocenters. The molecule has 0 amide bonds. The van der Waals surface area contributed by atoms with Gasteiger partial charge in [-0.1, -0.05) is 6.07 Å². The van der Waals surface area contributed by atoms with E-state index in [0.717, 1.165) is 4.68 Å². The van der Waals surface area contributed by atoms with Crippen molar-refractivity contribution in [3.05, 3.63) is 53.5 Å². The topological polar surface area (TPSA) is 82.1 Å². The van der Waals surface area contributed by atoms with Crippen LogP contribution in [0.15, 0.2) is 36.6 Å². The van der Waals surface area contributed by atoms with Crippen LogP contribution >= 0.6 is 0 Å². The molecule has 1 aromatic heterocycles. The van der Waals surface area contributed by atoms with Crippen LogP contribution in [0.3, 0.4) is 0 Å². The second-order valence-corrected chi connectivity index (χ2v) is 4.00. The van der Waals surface area contributed by atoms with Gasteiger partial charge in [0.1, 0.15) is 12.0 Å². The van der Waals surface area contributed by atoms with E-state index in [1.807, 2.05) is 6.07 Å². The van der Waals surface area contributed by atoms with Gasteiger partial charge < -0.3 is 10.2 Å². The minimum absolute atomic E-state index is 0.146. The largest absolute Gasteiger partial charge is 0.512 e. The molecule has 2 rings (SSSR count). The second kappa shape index (κ2) is 5.20. The van der Waals surface area contributed by atoms with Crippen molar-refractivity contribution in [3.8, 4) is 11.8 Å². The Hall–Kier alpha value is -2.95. The van der Waals surface area contributed by atoms with Crippen molar-refractivity contribution in [2.75, 3.05) is 0 Å². The molecular formula is C13H8F3N3O2. The standard InChI is InChI=1S/C13H8F3N3O2/c14-13(15,16)12-5-10(11(21)7-20)19(18-12)9-3-1-2-8(4-9)6-17/h1-5,7,20-21H/b11-7+. The summed E-state index contributed by atoms with van der Waals surface area (Å²) < 4.78 is 39.0. The molecule has 2 N–H and O–H groups in total. The maximum atomic E-state index is 12.7. The lowest BCUT2D eigenvalue weighted by Gasteiger charge is -2.06. The Labute approximate surface area is 116 Å². The van der Waals surface area contributed by atoms with Crippen LogP contribution in [0.4, 0.5) is 13.2 Å². The Kier molecular flexibility index (Phi) is 3.58. The molecular weight excluding hydrogens is 287 g/mol. The number of aliphatic hydroxyl groups is 2. The number of nitrogens with zero attached hydrogens (tertiary/aromatic N) is 3. The van der Waals surface area contributed by atoms with E-state index >= 15 is 0 Å². The van der Waals surface area contributed by atoms with Crippen molar-refractivity contribution in [2.24, 2.45) is 0 Å². The summed E-state index contributed by atoms with van der Waals surface area (Å²) in [6.07, 6.45) is -4.44. The van der Waals surface area contributed by atoms with Gasteiger partial charge in [-0.25, -0.2) is 4.68 Å². The normalized spacial score (nSPS) is 12.2. The summed E-state index contributed by atoms with van der Waals surface area (Å²) >= 11 is 0. The van der Waals surface area contributed by atoms with Gasteiger partial charge in [-0.3, -0.25) is 0 Å². The van der Waals surface area contributed by atoms with E-state index in [9.17, 15) is 18.3 Å². The highest BCUT2D eigenvalue weighted by atomic mass is 19.4. The lowest BCUT2D eigenvalue weighted by atomic mass is 10.2. The fraction of sp³-hybridized carbons (Fsp3) is 0.0769. The molecule has 0 bridgehead atoms. The van der Waals surface area contributed by atoms with Crippen LogP contribution in [0.1, 0.15) is 17.0 Å². The van der Waals surface area contributed by atoms with Gasteiger partial charge in [0.25, 0.3) is 0 Å². The average Bonchev–Trinajstić information content (AvgIpc) is 2.91. The fourth-order valence-corrected chi connectivity index (χ4v) is 1.67. The molecule has 0 aliphatic carbocycles. The Balaban J connectivity index is 2.66. The molecule has 0 aliphatic rings. The lowest BCUT2D eigenvalue weighted by molar-refractivity contribution is -0.141. The lowest BCUT2D eigenvalue weighted by Crippen LogP contribution is -2.07. The van der Waals surface area contributed by atoms with Crippen LogP contribution < -0.4 is 0 Å². The van der Waals surface area contributed by atoms with Gasteiger partial charge in [0.15, 0.2) is 11.5 Å². The average molecular weight is 295 g/mol. The quantitative estimate of drug-likeness (QED) is 0.834. The molecule has 0 saturated heterocycles. The van der Waals surface area contributed by atoms with Crippen molar-refractivity contribution in [3.63, 3.8) is 0 Å². The maximum absolute atomic E-state index is 12.7. The molecule has 21 heavy (non-hydrogen) atoms. The number of rotatable bonds is 2. The Morgan fingerprint density at radius 1 is 1.33 bits per heavy atom. The summed E-state index contributed by atoms with van der Waals surface area (Å²) in [5.74, 6) is -0.777. The predicted molar refractivity (Wildman–Crippen MR) is 66.5 cm³/mol. The van der Waals surface area contributed by atoms with E-state index in [0.29, 0.717) is 6.07 Å². The Morgan fingerprint density at radius 3 is 2.62 bits per heavy atom. The first-order chi connectivity index (χ1) is 9.86. The van der Waals surface area contributed by atoms with Crippen LogP contribution in [0.2, 0.25) is 0 Å². The first kappa shape index (κ1) is 14.5. The van der Waals surface area contributed by atoms with Crippen LogP contribution in [0.25, 0.3) is 11.4 Å². The summed E-state index contributed by atoms with van der Waals surface area (Å²) in [5.41, 5.74) is -1.21. The number of halogens is 3. The molecule has 0 unspecified atom stereocenters. The molecule has 0 spiro atoms. The van der Waals surface area contributed by atoms with Crippen molar-refractivity contribution in [2.45, 2.75) is 6.18 Å². The Morgan fingerprint density at radius 2 is 2.05 bits per heavy atom. The molecule has 1 heterocycles. The summed E-state index contributed by atoms with van der Waals surface area (Å²) in [6, 6.07) is 8.11. The van der Waals surface area contributed by atoms with Crippen LogP contribution in [-0.4, -0.2) is 20.0 Å². The fourth-order valence-electron chi connectivity index (χ4n) is 1.67. The first-order valence-corrected chi connectivity index (χ1v) is 5.58. The molecule has 2 aromatic rings. The van der Waals surface area contributed by atoms with Crippen molar-refractivity contribution in [1.82, 2.24) is 9.78 Å². The minimum Gasteiger partial charge on any atom is -0.512 e.